The maximum absolute atomic E-state index is 12.2. The summed E-state index contributed by atoms with van der Waals surface area (Å²) < 4.78 is 5.26. The molecule has 1 amide bonds. The minimum Gasteiger partial charge on any atom is -0.462 e. The highest BCUT2D eigenvalue weighted by Gasteiger charge is 2.55. The summed E-state index contributed by atoms with van der Waals surface area (Å²) >= 11 is 1.52. The third kappa shape index (κ3) is 1.93. The number of hydrogen-bond acceptors (Lipinski definition) is 5. The molecule has 18 heavy (non-hydrogen) atoms. The molecule has 0 aromatic carbocycles. The van der Waals surface area contributed by atoms with Crippen LogP contribution in [0.15, 0.2) is 12.7 Å². The second kappa shape index (κ2) is 4.59. The van der Waals surface area contributed by atoms with E-state index in [9.17, 15) is 9.59 Å². The second-order valence-electron chi connectivity index (χ2n) is 5.01. The van der Waals surface area contributed by atoms with Gasteiger partial charge in [-0.1, -0.05) is 6.08 Å². The van der Waals surface area contributed by atoms with Gasteiger partial charge in [0, 0.05) is 12.3 Å². The molecule has 2 saturated heterocycles. The number of esters is 1. The van der Waals surface area contributed by atoms with E-state index in [4.69, 9.17) is 10.5 Å². The quantitative estimate of drug-likeness (QED) is 0.455. The number of amides is 1. The molecule has 0 spiro atoms. The summed E-state index contributed by atoms with van der Waals surface area (Å²) in [5.41, 5.74) is 4.91. The van der Waals surface area contributed by atoms with Gasteiger partial charge in [0.1, 0.15) is 16.8 Å². The van der Waals surface area contributed by atoms with Crippen LogP contribution in [-0.4, -0.2) is 46.6 Å². The van der Waals surface area contributed by atoms with E-state index in [1.807, 2.05) is 0 Å². The summed E-state index contributed by atoms with van der Waals surface area (Å²) in [6, 6.07) is -0.432. The minimum atomic E-state index is -0.804. The van der Waals surface area contributed by atoms with Gasteiger partial charge in [0.05, 0.1) is 6.10 Å². The Labute approximate surface area is 111 Å². The Balaban J connectivity index is 2.13. The summed E-state index contributed by atoms with van der Waals surface area (Å²) in [6.45, 7) is 7.66. The van der Waals surface area contributed by atoms with Crippen molar-refractivity contribution in [3.05, 3.63) is 12.7 Å². The number of nitrogens with zero attached hydrogens (tertiary/aromatic N) is 1. The van der Waals surface area contributed by atoms with E-state index in [-0.39, 0.29) is 23.4 Å². The molecule has 2 N–H and O–H groups in total. The maximum Gasteiger partial charge on any atom is 0.318 e. The normalized spacial score (nSPS) is 34.9. The third-order valence-electron chi connectivity index (χ3n) is 3.29. The Bertz CT molecular complexity index is 399. The monoisotopic (exact) mass is 270 g/mol. The van der Waals surface area contributed by atoms with Crippen LogP contribution in [0.25, 0.3) is 0 Å². The van der Waals surface area contributed by atoms with Crippen LogP contribution >= 0.6 is 11.8 Å². The summed E-state index contributed by atoms with van der Waals surface area (Å²) in [6.07, 6.45) is 1.42. The number of β-lactam (4-membered cyclic amide) rings is 1. The van der Waals surface area contributed by atoms with Crippen LogP contribution in [0, 0.1) is 5.41 Å². The summed E-state index contributed by atoms with van der Waals surface area (Å²) in [5, 5.41) is -0.00238. The van der Waals surface area contributed by atoms with Gasteiger partial charge in [-0.25, -0.2) is 0 Å². The van der Waals surface area contributed by atoms with Crippen LogP contribution in [0.2, 0.25) is 0 Å². The number of thioether (sulfide) groups is 1. The zero-order chi connectivity index (χ0) is 13.5. The smallest absolute Gasteiger partial charge is 0.318 e. The Morgan fingerprint density at radius 1 is 1.72 bits per heavy atom. The van der Waals surface area contributed by atoms with Crippen molar-refractivity contribution in [2.75, 3.05) is 12.3 Å². The number of carbonyl (C=O) groups excluding carboxylic acids is 2. The van der Waals surface area contributed by atoms with Crippen molar-refractivity contribution in [3.8, 4) is 0 Å². The fourth-order valence-corrected chi connectivity index (χ4v) is 3.63. The molecule has 6 heteroatoms. The van der Waals surface area contributed by atoms with Crippen molar-refractivity contribution in [2.45, 2.75) is 31.4 Å². The van der Waals surface area contributed by atoms with Gasteiger partial charge in [0.25, 0.3) is 0 Å². The van der Waals surface area contributed by atoms with Crippen LogP contribution in [0.4, 0.5) is 0 Å². The molecule has 2 heterocycles. The zero-order valence-electron chi connectivity index (χ0n) is 10.6. The molecule has 0 saturated carbocycles. The molecule has 2 aliphatic heterocycles. The summed E-state index contributed by atoms with van der Waals surface area (Å²) in [4.78, 5) is 25.4. The third-order valence-corrected chi connectivity index (χ3v) is 4.86. The lowest BCUT2D eigenvalue weighted by Gasteiger charge is -2.52. The highest BCUT2D eigenvalue weighted by Crippen LogP contribution is 2.42. The van der Waals surface area contributed by atoms with Crippen molar-refractivity contribution < 1.29 is 14.3 Å². The van der Waals surface area contributed by atoms with E-state index in [2.05, 4.69) is 6.58 Å². The number of nitrogens with two attached hydrogens (primary N) is 1. The van der Waals surface area contributed by atoms with Crippen molar-refractivity contribution in [2.24, 2.45) is 11.1 Å². The lowest BCUT2D eigenvalue weighted by molar-refractivity contribution is -0.161. The first kappa shape index (κ1) is 13.4. The van der Waals surface area contributed by atoms with E-state index in [0.29, 0.717) is 12.3 Å². The van der Waals surface area contributed by atoms with Gasteiger partial charge < -0.3 is 15.4 Å². The fraction of sp³-hybridized carbons (Fsp3) is 0.667. The van der Waals surface area contributed by atoms with Crippen LogP contribution < -0.4 is 5.73 Å². The largest absolute Gasteiger partial charge is 0.462 e. The topological polar surface area (TPSA) is 72.6 Å². The first-order valence-electron chi connectivity index (χ1n) is 5.93. The van der Waals surface area contributed by atoms with Crippen molar-refractivity contribution in [1.82, 2.24) is 4.90 Å². The van der Waals surface area contributed by atoms with Gasteiger partial charge in [-0.2, -0.15) is 0 Å². The molecule has 3 atom stereocenters. The van der Waals surface area contributed by atoms with Crippen LogP contribution in [0.3, 0.4) is 0 Å². The number of ether oxygens (including phenoxy) is 1. The van der Waals surface area contributed by atoms with E-state index in [1.165, 1.54) is 11.8 Å². The van der Waals surface area contributed by atoms with Crippen molar-refractivity contribution in [1.29, 1.82) is 0 Å². The van der Waals surface area contributed by atoms with E-state index < -0.39 is 11.5 Å². The molecule has 0 aromatic rings. The molecule has 0 aromatic heterocycles. The minimum absolute atomic E-state index is 0.00238. The lowest BCUT2D eigenvalue weighted by Crippen LogP contribution is -2.72. The molecule has 2 unspecified atom stereocenters. The van der Waals surface area contributed by atoms with Gasteiger partial charge >= 0.3 is 5.97 Å². The van der Waals surface area contributed by atoms with E-state index >= 15 is 0 Å². The summed E-state index contributed by atoms with van der Waals surface area (Å²) in [5.74, 6) is 0.145. The molecule has 2 rings (SSSR count). The van der Waals surface area contributed by atoms with Crippen LogP contribution in [-0.2, 0) is 14.3 Å². The standard InChI is InChI=1S/C12H18N2O3S/c1-4-12(11(16)17-7(2)3)5-14-9(15)8(13)10(14)18-6-12/h4,7-8,10H,1,5-6,13H2,2-3H3/t8?,10-,12?/m1/s1. The van der Waals surface area contributed by atoms with Crippen molar-refractivity contribution in [3.63, 3.8) is 0 Å². The Morgan fingerprint density at radius 2 is 2.39 bits per heavy atom. The van der Waals surface area contributed by atoms with Crippen LogP contribution in [0.5, 0.6) is 0 Å². The highest BCUT2D eigenvalue weighted by molar-refractivity contribution is 8.00. The average Bonchev–Trinajstić information content (AvgIpc) is 2.36. The molecular weight excluding hydrogens is 252 g/mol. The average molecular weight is 270 g/mol. The number of hydrogen-bond donors (Lipinski definition) is 1. The Kier molecular flexibility index (Phi) is 3.42. The first-order chi connectivity index (χ1) is 8.41. The Morgan fingerprint density at radius 3 is 2.94 bits per heavy atom. The lowest BCUT2D eigenvalue weighted by atomic mass is 9.87. The molecule has 2 aliphatic rings. The highest BCUT2D eigenvalue weighted by atomic mass is 32.2. The fourth-order valence-electron chi connectivity index (χ4n) is 2.16. The predicted molar refractivity (Wildman–Crippen MR) is 69.8 cm³/mol. The molecule has 0 aliphatic carbocycles. The van der Waals surface area contributed by atoms with Gasteiger partial charge in [0.2, 0.25) is 5.91 Å². The molecule has 2 fully saturated rings. The van der Waals surface area contributed by atoms with Gasteiger partial charge in [-0.15, -0.1) is 18.3 Å². The maximum atomic E-state index is 12.2. The molecule has 0 bridgehead atoms. The van der Waals surface area contributed by atoms with E-state index in [1.54, 1.807) is 24.8 Å². The van der Waals surface area contributed by atoms with Crippen LogP contribution in [0.1, 0.15) is 13.8 Å². The summed E-state index contributed by atoms with van der Waals surface area (Å²) in [7, 11) is 0. The second-order valence-corrected chi connectivity index (χ2v) is 6.11. The first-order valence-corrected chi connectivity index (χ1v) is 6.98. The predicted octanol–water partition coefficient (Wildman–Crippen LogP) is 0.353. The number of rotatable bonds is 3. The van der Waals surface area contributed by atoms with Gasteiger partial charge in [-0.05, 0) is 13.8 Å². The molecule has 100 valence electrons. The Hall–Kier alpha value is -1.01. The van der Waals surface area contributed by atoms with Gasteiger partial charge in [0.15, 0.2) is 0 Å². The number of fused-ring (bicyclic) bond motifs is 1. The van der Waals surface area contributed by atoms with Gasteiger partial charge in [-0.3, -0.25) is 9.59 Å². The number of carbonyl (C=O) groups is 2. The molecular formula is C12H18N2O3S. The zero-order valence-corrected chi connectivity index (χ0v) is 11.4. The van der Waals surface area contributed by atoms with Crippen molar-refractivity contribution >= 4 is 23.6 Å². The molecule has 5 nitrogen and oxygen atoms in total. The van der Waals surface area contributed by atoms with E-state index in [0.717, 1.165) is 0 Å². The SMILES string of the molecule is C=CC1(C(=O)OC(C)C)CS[C@@H]2C(N)C(=O)N2C1. The molecule has 0 radical (unpaired) electrons.